The number of methoxy groups -OCH3 is 1. The maximum absolute atomic E-state index is 13.0. The van der Waals surface area contributed by atoms with Gasteiger partial charge in [0.25, 0.3) is 0 Å². The van der Waals surface area contributed by atoms with E-state index in [4.69, 9.17) is 9.15 Å². The van der Waals surface area contributed by atoms with E-state index in [1.54, 1.807) is 25.3 Å². The maximum atomic E-state index is 13.0. The van der Waals surface area contributed by atoms with Gasteiger partial charge in [0.2, 0.25) is 5.43 Å². The highest BCUT2D eigenvalue weighted by Gasteiger charge is 2.17. The summed E-state index contributed by atoms with van der Waals surface area (Å²) in [6.07, 6.45) is 0. The molecule has 0 unspecified atom stereocenters. The molecule has 0 spiro atoms. The quantitative estimate of drug-likeness (QED) is 0.626. The number of rotatable bonds is 4. The molecule has 3 rings (SSSR count). The first kappa shape index (κ1) is 15.4. The third-order valence-corrected chi connectivity index (χ3v) is 4.22. The van der Waals surface area contributed by atoms with E-state index < -0.39 is 0 Å². The number of allylic oxidation sites excluding steroid dienone is 1. The summed E-state index contributed by atoms with van der Waals surface area (Å²) in [6, 6.07) is 14.8. The van der Waals surface area contributed by atoms with Gasteiger partial charge >= 0.3 is 0 Å². The van der Waals surface area contributed by atoms with Gasteiger partial charge in [-0.05, 0) is 29.5 Å². The minimum absolute atomic E-state index is 0.0520. The molecule has 0 saturated carbocycles. The Morgan fingerprint density at radius 3 is 2.57 bits per heavy atom. The molecule has 0 amide bonds. The lowest BCUT2D eigenvalue weighted by molar-refractivity contribution is 0.413. The molecule has 23 heavy (non-hydrogen) atoms. The number of ether oxygens (including phenoxy) is 1. The first-order chi connectivity index (χ1) is 11.1. The molecule has 0 aliphatic heterocycles. The maximum Gasteiger partial charge on any atom is 0.201 e. The van der Waals surface area contributed by atoms with Crippen molar-refractivity contribution in [1.29, 1.82) is 0 Å². The minimum Gasteiger partial charge on any atom is -0.497 e. The van der Waals surface area contributed by atoms with Crippen molar-refractivity contribution in [2.75, 3.05) is 7.11 Å². The van der Waals surface area contributed by atoms with Crippen molar-refractivity contribution in [3.05, 3.63) is 70.2 Å². The second-order valence-electron chi connectivity index (χ2n) is 5.13. The Bertz CT molecular complexity index is 926. The van der Waals surface area contributed by atoms with E-state index in [1.807, 2.05) is 37.3 Å². The molecular formula is C19H16O3S. The summed E-state index contributed by atoms with van der Waals surface area (Å²) in [5, 5.41) is 1.09. The summed E-state index contributed by atoms with van der Waals surface area (Å²) in [5.74, 6) is 0.652. The van der Waals surface area contributed by atoms with Gasteiger partial charge < -0.3 is 9.15 Å². The second-order valence-corrected chi connectivity index (χ2v) is 6.40. The van der Waals surface area contributed by atoms with Crippen LogP contribution in [0.15, 0.2) is 74.3 Å². The molecule has 1 heterocycles. The average Bonchev–Trinajstić information content (AvgIpc) is 2.54. The molecule has 3 nitrogen and oxygen atoms in total. The van der Waals surface area contributed by atoms with E-state index >= 15 is 0 Å². The van der Waals surface area contributed by atoms with Gasteiger partial charge in [-0.2, -0.15) is 0 Å². The highest BCUT2D eigenvalue weighted by molar-refractivity contribution is 8.03. The fraction of sp³-hybridized carbons (Fsp3) is 0.105. The van der Waals surface area contributed by atoms with Crippen molar-refractivity contribution in [1.82, 2.24) is 0 Å². The number of thioether (sulfide) groups is 1. The van der Waals surface area contributed by atoms with Gasteiger partial charge in [0, 0.05) is 6.07 Å². The SMILES string of the molecule is C=C(C)Sc1oc2cc(OC)ccc2c(=O)c1-c1ccccc1. The highest BCUT2D eigenvalue weighted by Crippen LogP contribution is 2.35. The predicted molar refractivity (Wildman–Crippen MR) is 95.1 cm³/mol. The van der Waals surface area contributed by atoms with E-state index in [0.29, 0.717) is 27.4 Å². The van der Waals surface area contributed by atoms with E-state index in [-0.39, 0.29) is 5.43 Å². The Morgan fingerprint density at radius 1 is 1.17 bits per heavy atom. The van der Waals surface area contributed by atoms with Crippen LogP contribution in [0.2, 0.25) is 0 Å². The van der Waals surface area contributed by atoms with Gasteiger partial charge in [-0.1, -0.05) is 48.7 Å². The molecule has 1 aromatic heterocycles. The van der Waals surface area contributed by atoms with Gasteiger partial charge in [0.05, 0.1) is 18.1 Å². The van der Waals surface area contributed by atoms with Crippen LogP contribution in [0.4, 0.5) is 0 Å². The molecule has 3 aromatic rings. The van der Waals surface area contributed by atoms with Crippen LogP contribution in [-0.2, 0) is 0 Å². The predicted octanol–water partition coefficient (Wildman–Crippen LogP) is 5.09. The summed E-state index contributed by atoms with van der Waals surface area (Å²) < 4.78 is 11.2. The Kier molecular flexibility index (Phi) is 4.26. The lowest BCUT2D eigenvalue weighted by atomic mass is 10.1. The Balaban J connectivity index is 2.34. The van der Waals surface area contributed by atoms with Crippen LogP contribution in [-0.4, -0.2) is 7.11 Å². The van der Waals surface area contributed by atoms with Crippen LogP contribution in [0.25, 0.3) is 22.1 Å². The van der Waals surface area contributed by atoms with Crippen LogP contribution in [0.5, 0.6) is 5.75 Å². The fourth-order valence-electron chi connectivity index (χ4n) is 2.36. The zero-order valence-corrected chi connectivity index (χ0v) is 13.8. The number of hydrogen-bond donors (Lipinski definition) is 0. The first-order valence-corrected chi connectivity index (χ1v) is 7.95. The van der Waals surface area contributed by atoms with Crippen molar-refractivity contribution >= 4 is 22.7 Å². The molecule has 0 fully saturated rings. The van der Waals surface area contributed by atoms with Crippen LogP contribution in [0, 0.1) is 0 Å². The monoisotopic (exact) mass is 324 g/mol. The minimum atomic E-state index is -0.0520. The Hall–Kier alpha value is -2.46. The van der Waals surface area contributed by atoms with Gasteiger partial charge in [-0.15, -0.1) is 0 Å². The van der Waals surface area contributed by atoms with Crippen molar-refractivity contribution in [2.45, 2.75) is 12.0 Å². The topological polar surface area (TPSA) is 39.4 Å². The largest absolute Gasteiger partial charge is 0.497 e. The number of fused-ring (bicyclic) bond motifs is 1. The zero-order chi connectivity index (χ0) is 16.4. The fourth-order valence-corrected chi connectivity index (χ4v) is 3.12. The molecule has 0 aliphatic rings. The molecule has 0 N–H and O–H groups in total. The van der Waals surface area contributed by atoms with Crippen LogP contribution >= 0.6 is 11.8 Å². The molecule has 0 bridgehead atoms. The third kappa shape index (κ3) is 3.03. The molecule has 0 atom stereocenters. The van der Waals surface area contributed by atoms with Gasteiger partial charge in [0.1, 0.15) is 11.3 Å². The number of benzene rings is 2. The van der Waals surface area contributed by atoms with Gasteiger partial charge in [-0.3, -0.25) is 4.79 Å². The summed E-state index contributed by atoms with van der Waals surface area (Å²) in [5.41, 5.74) is 1.86. The van der Waals surface area contributed by atoms with Crippen LogP contribution < -0.4 is 10.2 Å². The summed E-state index contributed by atoms with van der Waals surface area (Å²) >= 11 is 1.36. The van der Waals surface area contributed by atoms with Gasteiger partial charge in [-0.25, -0.2) is 0 Å². The standard InChI is InChI=1S/C19H16O3S/c1-12(2)23-19-17(13-7-5-4-6-8-13)18(20)15-10-9-14(21-3)11-16(15)22-19/h4-11H,1H2,2-3H3. The lowest BCUT2D eigenvalue weighted by Gasteiger charge is -2.10. The van der Waals surface area contributed by atoms with Crippen molar-refractivity contribution in [2.24, 2.45) is 0 Å². The lowest BCUT2D eigenvalue weighted by Crippen LogP contribution is -2.07. The normalized spacial score (nSPS) is 10.7. The second kappa shape index (κ2) is 6.34. The van der Waals surface area contributed by atoms with E-state index in [9.17, 15) is 4.79 Å². The smallest absolute Gasteiger partial charge is 0.201 e. The highest BCUT2D eigenvalue weighted by atomic mass is 32.2. The summed E-state index contributed by atoms with van der Waals surface area (Å²) in [4.78, 5) is 13.8. The van der Waals surface area contributed by atoms with Crippen molar-refractivity contribution in [3.63, 3.8) is 0 Å². The molecule has 0 saturated heterocycles. The molecular weight excluding hydrogens is 308 g/mol. The molecule has 0 radical (unpaired) electrons. The molecule has 0 aliphatic carbocycles. The zero-order valence-electron chi connectivity index (χ0n) is 13.0. The molecule has 116 valence electrons. The first-order valence-electron chi connectivity index (χ1n) is 7.14. The number of hydrogen-bond acceptors (Lipinski definition) is 4. The van der Waals surface area contributed by atoms with E-state index in [0.717, 1.165) is 10.5 Å². The van der Waals surface area contributed by atoms with E-state index in [2.05, 4.69) is 6.58 Å². The Morgan fingerprint density at radius 2 is 1.91 bits per heavy atom. The van der Waals surface area contributed by atoms with Crippen molar-refractivity contribution < 1.29 is 9.15 Å². The average molecular weight is 324 g/mol. The summed E-state index contributed by atoms with van der Waals surface area (Å²) in [7, 11) is 1.58. The van der Waals surface area contributed by atoms with Crippen molar-refractivity contribution in [3.8, 4) is 16.9 Å². The van der Waals surface area contributed by atoms with Crippen LogP contribution in [0.3, 0.4) is 0 Å². The molecule has 2 aromatic carbocycles. The van der Waals surface area contributed by atoms with E-state index in [1.165, 1.54) is 11.8 Å². The van der Waals surface area contributed by atoms with Crippen LogP contribution in [0.1, 0.15) is 6.92 Å². The molecule has 4 heteroatoms. The summed E-state index contributed by atoms with van der Waals surface area (Å²) in [6.45, 7) is 5.79. The van der Waals surface area contributed by atoms with Gasteiger partial charge in [0.15, 0.2) is 5.09 Å². The third-order valence-electron chi connectivity index (χ3n) is 3.40. The Labute approximate surface area is 138 Å².